The average molecular weight is 291 g/mol. The monoisotopic (exact) mass is 291 g/mol. The van der Waals surface area contributed by atoms with Crippen LogP contribution >= 0.6 is 0 Å². The van der Waals surface area contributed by atoms with Crippen LogP contribution in [0.3, 0.4) is 0 Å². The van der Waals surface area contributed by atoms with E-state index in [1.807, 2.05) is 18.2 Å². The highest BCUT2D eigenvalue weighted by atomic mass is 16.5. The smallest absolute Gasteiger partial charge is 0.141 e. The first-order chi connectivity index (χ1) is 10.2. The summed E-state index contributed by atoms with van der Waals surface area (Å²) in [7, 11) is 1.71. The molecule has 0 amide bonds. The highest BCUT2D eigenvalue weighted by Crippen LogP contribution is 2.31. The predicted molar refractivity (Wildman–Crippen MR) is 89.0 cm³/mol. The maximum absolute atomic E-state index is 6.14. The molecular weight excluding hydrogens is 262 g/mol. The number of hydrogen-bond acceptors (Lipinski definition) is 4. The van der Waals surface area contributed by atoms with Gasteiger partial charge in [-0.2, -0.15) is 0 Å². The van der Waals surface area contributed by atoms with Crippen molar-refractivity contribution in [1.82, 2.24) is 4.90 Å². The van der Waals surface area contributed by atoms with Gasteiger partial charge in [0.2, 0.25) is 0 Å². The van der Waals surface area contributed by atoms with Crippen molar-refractivity contribution in [3.05, 3.63) is 24.3 Å². The quantitative estimate of drug-likeness (QED) is 0.846. The third-order valence-electron chi connectivity index (χ3n) is 4.47. The Morgan fingerprint density at radius 3 is 2.81 bits per heavy atom. The molecule has 1 fully saturated rings. The van der Waals surface area contributed by atoms with Crippen molar-refractivity contribution in [2.45, 2.75) is 38.1 Å². The van der Waals surface area contributed by atoms with Gasteiger partial charge in [0, 0.05) is 13.1 Å². The molecule has 2 rings (SSSR count). The number of hydrogen-bond donors (Lipinski definition) is 2. The summed E-state index contributed by atoms with van der Waals surface area (Å²) in [6.07, 6.45) is 4.61. The first-order valence-corrected chi connectivity index (χ1v) is 8.06. The summed E-state index contributed by atoms with van der Waals surface area (Å²) in [6, 6.07) is 8.10. The number of nitrogens with two attached hydrogens (primary N) is 1. The van der Waals surface area contributed by atoms with Crippen LogP contribution in [0.2, 0.25) is 0 Å². The maximum Gasteiger partial charge on any atom is 0.141 e. The first-order valence-electron chi connectivity index (χ1n) is 8.06. The lowest BCUT2D eigenvalue weighted by atomic mass is 9.90. The fourth-order valence-corrected chi connectivity index (χ4v) is 3.20. The second-order valence-electron chi connectivity index (χ2n) is 6.00. The summed E-state index contributed by atoms with van der Waals surface area (Å²) in [6.45, 7) is 6.39. The molecule has 4 heteroatoms. The highest BCUT2D eigenvalue weighted by molar-refractivity contribution is 5.57. The Labute approximate surface area is 128 Å². The molecule has 0 spiro atoms. The van der Waals surface area contributed by atoms with Crippen LogP contribution in [0.15, 0.2) is 24.3 Å². The highest BCUT2D eigenvalue weighted by Gasteiger charge is 2.31. The number of nitrogens with zero attached hydrogens (tertiary/aromatic N) is 1. The number of likely N-dealkylation sites (tertiary alicyclic amines) is 1. The Bertz CT molecular complexity index is 438. The maximum atomic E-state index is 6.14. The van der Waals surface area contributed by atoms with Gasteiger partial charge >= 0.3 is 0 Å². The molecule has 3 N–H and O–H groups in total. The zero-order chi connectivity index (χ0) is 15.1. The van der Waals surface area contributed by atoms with E-state index in [1.54, 1.807) is 7.11 Å². The Kier molecular flexibility index (Phi) is 5.88. The van der Waals surface area contributed by atoms with Crippen molar-refractivity contribution in [3.8, 4) is 5.75 Å². The SMILES string of the molecule is CCCN1CCCC(CN)(Nc2ccccc2OC)CC1. The van der Waals surface area contributed by atoms with E-state index in [-0.39, 0.29) is 5.54 Å². The fraction of sp³-hybridized carbons (Fsp3) is 0.647. The minimum atomic E-state index is -0.0167. The molecule has 1 heterocycles. The number of ether oxygens (including phenoxy) is 1. The van der Waals surface area contributed by atoms with E-state index >= 15 is 0 Å². The van der Waals surface area contributed by atoms with Crippen LogP contribution in [0.25, 0.3) is 0 Å². The molecule has 21 heavy (non-hydrogen) atoms. The van der Waals surface area contributed by atoms with Gasteiger partial charge in [0.1, 0.15) is 5.75 Å². The van der Waals surface area contributed by atoms with Crippen LogP contribution < -0.4 is 15.8 Å². The summed E-state index contributed by atoms with van der Waals surface area (Å²) in [4.78, 5) is 2.56. The lowest BCUT2D eigenvalue weighted by Crippen LogP contribution is -2.46. The molecule has 118 valence electrons. The van der Waals surface area contributed by atoms with Gasteiger partial charge in [0.15, 0.2) is 0 Å². The van der Waals surface area contributed by atoms with E-state index in [1.165, 1.54) is 25.9 Å². The number of anilines is 1. The van der Waals surface area contributed by atoms with Crippen LogP contribution in [0.1, 0.15) is 32.6 Å². The number of rotatable bonds is 6. The summed E-state index contributed by atoms with van der Waals surface area (Å²) in [5.74, 6) is 0.889. The lowest BCUT2D eigenvalue weighted by molar-refractivity contribution is 0.279. The van der Waals surface area contributed by atoms with Crippen LogP contribution in [0.5, 0.6) is 5.75 Å². The average Bonchev–Trinajstić information content (AvgIpc) is 2.72. The molecule has 0 aromatic heterocycles. The number of nitrogens with one attached hydrogen (secondary N) is 1. The molecule has 1 atom stereocenters. The van der Waals surface area contributed by atoms with Gasteiger partial charge < -0.3 is 20.7 Å². The minimum Gasteiger partial charge on any atom is -0.495 e. The third-order valence-corrected chi connectivity index (χ3v) is 4.47. The lowest BCUT2D eigenvalue weighted by Gasteiger charge is -2.34. The fourth-order valence-electron chi connectivity index (χ4n) is 3.20. The second-order valence-corrected chi connectivity index (χ2v) is 6.00. The molecule has 1 aromatic rings. The van der Waals surface area contributed by atoms with E-state index in [2.05, 4.69) is 23.2 Å². The topological polar surface area (TPSA) is 50.5 Å². The Balaban J connectivity index is 2.10. The Hall–Kier alpha value is -1.26. The number of para-hydroxylation sites is 2. The van der Waals surface area contributed by atoms with Gasteiger partial charge in [-0.3, -0.25) is 0 Å². The van der Waals surface area contributed by atoms with Gasteiger partial charge in [-0.25, -0.2) is 0 Å². The number of benzene rings is 1. The van der Waals surface area contributed by atoms with Gasteiger partial charge in [0.05, 0.1) is 18.3 Å². The van der Waals surface area contributed by atoms with E-state index < -0.39 is 0 Å². The Morgan fingerprint density at radius 1 is 1.29 bits per heavy atom. The van der Waals surface area contributed by atoms with Crippen molar-refractivity contribution in [2.75, 3.05) is 38.6 Å². The van der Waals surface area contributed by atoms with Crippen molar-refractivity contribution in [1.29, 1.82) is 0 Å². The second kappa shape index (κ2) is 7.66. The third kappa shape index (κ3) is 4.11. The molecule has 4 nitrogen and oxygen atoms in total. The zero-order valence-corrected chi connectivity index (χ0v) is 13.4. The molecule has 1 aromatic carbocycles. The minimum absolute atomic E-state index is 0.0167. The van der Waals surface area contributed by atoms with E-state index in [4.69, 9.17) is 10.5 Å². The molecule has 0 saturated carbocycles. The van der Waals surface area contributed by atoms with Crippen molar-refractivity contribution < 1.29 is 4.74 Å². The first kappa shape index (κ1) is 16.1. The van der Waals surface area contributed by atoms with E-state index in [0.717, 1.165) is 30.8 Å². The summed E-state index contributed by atoms with van der Waals surface area (Å²) >= 11 is 0. The molecule has 0 radical (unpaired) electrons. The van der Waals surface area contributed by atoms with Crippen LogP contribution in [-0.4, -0.2) is 43.7 Å². The van der Waals surface area contributed by atoms with Gasteiger partial charge in [-0.05, 0) is 50.9 Å². The van der Waals surface area contributed by atoms with Gasteiger partial charge in [0.25, 0.3) is 0 Å². The standard InChI is InChI=1S/C17H29N3O/c1-3-11-20-12-6-9-17(14-18,10-13-20)19-15-7-4-5-8-16(15)21-2/h4-5,7-8,19H,3,6,9-14,18H2,1-2H3. The normalized spacial score (nSPS) is 23.6. The van der Waals surface area contributed by atoms with Crippen LogP contribution in [0.4, 0.5) is 5.69 Å². The van der Waals surface area contributed by atoms with Gasteiger partial charge in [-0.1, -0.05) is 19.1 Å². The molecule has 1 aliphatic heterocycles. The van der Waals surface area contributed by atoms with E-state index in [0.29, 0.717) is 6.54 Å². The van der Waals surface area contributed by atoms with Crippen molar-refractivity contribution in [3.63, 3.8) is 0 Å². The summed E-state index contributed by atoms with van der Waals surface area (Å²) in [5, 5.41) is 3.69. The summed E-state index contributed by atoms with van der Waals surface area (Å²) < 4.78 is 5.45. The largest absolute Gasteiger partial charge is 0.495 e. The summed E-state index contributed by atoms with van der Waals surface area (Å²) in [5.41, 5.74) is 7.18. The zero-order valence-electron chi connectivity index (χ0n) is 13.4. The van der Waals surface area contributed by atoms with Gasteiger partial charge in [-0.15, -0.1) is 0 Å². The number of methoxy groups -OCH3 is 1. The van der Waals surface area contributed by atoms with Crippen LogP contribution in [0, 0.1) is 0 Å². The molecule has 1 saturated heterocycles. The van der Waals surface area contributed by atoms with Crippen LogP contribution in [-0.2, 0) is 0 Å². The molecule has 1 unspecified atom stereocenters. The predicted octanol–water partition coefficient (Wildman–Crippen LogP) is 2.70. The Morgan fingerprint density at radius 2 is 2.10 bits per heavy atom. The molecule has 0 aliphatic carbocycles. The van der Waals surface area contributed by atoms with E-state index in [9.17, 15) is 0 Å². The van der Waals surface area contributed by atoms with Crippen molar-refractivity contribution >= 4 is 5.69 Å². The molecule has 0 bridgehead atoms. The molecule has 1 aliphatic rings. The van der Waals surface area contributed by atoms with Crippen molar-refractivity contribution in [2.24, 2.45) is 5.73 Å². The molecular formula is C17H29N3O.